The molecule has 0 bridgehead atoms. The zero-order valence-corrected chi connectivity index (χ0v) is 29.2. The van der Waals surface area contributed by atoms with Crippen molar-refractivity contribution >= 4 is 23.9 Å². The summed E-state index contributed by atoms with van der Waals surface area (Å²) in [4.78, 5) is 50.2. The van der Waals surface area contributed by atoms with Crippen molar-refractivity contribution in [3.8, 4) is 0 Å². The van der Waals surface area contributed by atoms with Gasteiger partial charge in [-0.05, 0) is 19.8 Å². The van der Waals surface area contributed by atoms with Crippen LogP contribution < -0.4 is 0 Å². The van der Waals surface area contributed by atoms with E-state index < -0.39 is 103 Å². The molecule has 2 fully saturated rings. The summed E-state index contributed by atoms with van der Waals surface area (Å²) in [6.07, 6.45) is -10.6. The molecule has 0 aromatic heterocycles. The van der Waals surface area contributed by atoms with Crippen LogP contribution in [0.1, 0.15) is 94.4 Å². The number of unbranched alkanes of at least 4 members (excludes halogenated alkanes) is 2. The fourth-order valence-electron chi connectivity index (χ4n) is 4.75. The van der Waals surface area contributed by atoms with Gasteiger partial charge in [0.15, 0.2) is 30.9 Å². The topological polar surface area (TPSA) is 183 Å². The second kappa shape index (κ2) is 19.6. The number of aliphatic hydroxyl groups excluding tert-OH is 2. The van der Waals surface area contributed by atoms with Crippen molar-refractivity contribution in [3.63, 3.8) is 0 Å². The van der Waals surface area contributed by atoms with Crippen LogP contribution in [0.25, 0.3) is 0 Å². The maximum atomic E-state index is 12.7. The average molecular weight is 677 g/mol. The maximum Gasteiger partial charge on any atom is 0.308 e. The Morgan fingerprint density at radius 1 is 0.681 bits per heavy atom. The van der Waals surface area contributed by atoms with Gasteiger partial charge in [0.2, 0.25) is 0 Å². The first-order chi connectivity index (χ1) is 22.1. The van der Waals surface area contributed by atoms with E-state index in [-0.39, 0.29) is 19.6 Å². The molecule has 0 radical (unpaired) electrons. The first-order valence-corrected chi connectivity index (χ1v) is 16.8. The molecule has 2 rings (SSSR count). The van der Waals surface area contributed by atoms with Crippen molar-refractivity contribution < 1.29 is 67.3 Å². The molecular formula is C33H56O14. The predicted molar refractivity (Wildman–Crippen MR) is 165 cm³/mol. The highest BCUT2D eigenvalue weighted by Gasteiger charge is 2.54. The number of hydrogen-bond donors (Lipinski definition) is 2. The van der Waals surface area contributed by atoms with Crippen LogP contribution in [0.4, 0.5) is 0 Å². The molecule has 0 saturated carbocycles. The van der Waals surface area contributed by atoms with Gasteiger partial charge in [-0.3, -0.25) is 19.2 Å². The summed E-state index contributed by atoms with van der Waals surface area (Å²) in [7, 11) is 0. The van der Waals surface area contributed by atoms with Gasteiger partial charge in [0, 0.05) is 13.0 Å². The summed E-state index contributed by atoms with van der Waals surface area (Å²) in [5.74, 6) is -3.83. The van der Waals surface area contributed by atoms with Crippen LogP contribution in [0, 0.1) is 17.8 Å². The second-order valence-corrected chi connectivity index (χ2v) is 13.0. The van der Waals surface area contributed by atoms with Crippen molar-refractivity contribution in [3.05, 3.63) is 0 Å². The minimum absolute atomic E-state index is 0.0829. The van der Waals surface area contributed by atoms with Gasteiger partial charge in [0.05, 0.1) is 23.9 Å². The van der Waals surface area contributed by atoms with Gasteiger partial charge in [-0.1, -0.05) is 68.2 Å². The van der Waals surface area contributed by atoms with E-state index in [2.05, 4.69) is 0 Å². The number of hydrogen-bond acceptors (Lipinski definition) is 14. The van der Waals surface area contributed by atoms with Crippen molar-refractivity contribution in [2.45, 2.75) is 156 Å². The van der Waals surface area contributed by atoms with Gasteiger partial charge >= 0.3 is 23.9 Å². The van der Waals surface area contributed by atoms with Crippen LogP contribution >= 0.6 is 0 Å². The standard InChI is InChI=1S/C33H56O14/c1-10-12-14-22(34)44-27-24(36)32(42-20(9)25(27)45-30(38)18(5)6)47-28-23(35)26(46-31(39)19(7)8)21(16-41-29(37)17(3)4)43-33(28)40-15-13-11-2/h17-21,23-28,32-33,35-36H,10-16H2,1-9H3/t20-,21+,23-,24+,25-,26+,27-,28+,32-,33+/m0/s1. The number of carbonyl (C=O) groups is 4. The largest absolute Gasteiger partial charge is 0.463 e. The third kappa shape index (κ3) is 11.9. The van der Waals surface area contributed by atoms with Crippen molar-refractivity contribution in [2.75, 3.05) is 13.2 Å². The first kappa shape index (κ1) is 40.8. The Labute approximate surface area is 278 Å². The predicted octanol–water partition coefficient (Wildman–Crippen LogP) is 2.82. The molecule has 0 spiro atoms. The Morgan fingerprint density at radius 2 is 1.26 bits per heavy atom. The maximum absolute atomic E-state index is 12.7. The molecule has 0 unspecified atom stereocenters. The first-order valence-electron chi connectivity index (χ1n) is 16.8. The lowest BCUT2D eigenvalue weighted by molar-refractivity contribution is -0.365. The van der Waals surface area contributed by atoms with Crippen LogP contribution in [0.5, 0.6) is 0 Å². The summed E-state index contributed by atoms with van der Waals surface area (Å²) in [5, 5.41) is 23.1. The molecule has 0 aromatic rings. The molecule has 10 atom stereocenters. The zero-order valence-electron chi connectivity index (χ0n) is 29.2. The lowest BCUT2D eigenvalue weighted by atomic mass is 9.96. The van der Waals surface area contributed by atoms with E-state index in [0.717, 1.165) is 12.8 Å². The van der Waals surface area contributed by atoms with Crippen LogP contribution in [-0.4, -0.2) is 109 Å². The summed E-state index contributed by atoms with van der Waals surface area (Å²) < 4.78 is 46.4. The highest BCUT2D eigenvalue weighted by atomic mass is 16.8. The van der Waals surface area contributed by atoms with Crippen LogP contribution in [0.15, 0.2) is 0 Å². The van der Waals surface area contributed by atoms with Crippen LogP contribution in [-0.2, 0) is 57.1 Å². The van der Waals surface area contributed by atoms with Gasteiger partial charge < -0.3 is 48.1 Å². The number of carbonyl (C=O) groups excluding carboxylic acids is 4. The van der Waals surface area contributed by atoms with Crippen LogP contribution in [0.2, 0.25) is 0 Å². The van der Waals surface area contributed by atoms with E-state index >= 15 is 0 Å². The zero-order chi connectivity index (χ0) is 35.4. The van der Waals surface area contributed by atoms with Gasteiger partial charge in [-0.15, -0.1) is 0 Å². The Balaban J connectivity index is 2.43. The SMILES string of the molecule is CCCCO[C@@H]1O[C@H](COC(=O)C(C)C)[C@@H](OC(=O)C(C)C)[C@H](O)[C@H]1O[C@@H]1O[C@@H](C)[C@H](OC(=O)C(C)C)[C@@H](OC(=O)CCCC)[C@H]1O. The number of esters is 4. The smallest absolute Gasteiger partial charge is 0.308 e. The highest BCUT2D eigenvalue weighted by molar-refractivity contribution is 5.73. The monoisotopic (exact) mass is 676 g/mol. The van der Waals surface area contributed by atoms with Crippen molar-refractivity contribution in [1.29, 1.82) is 0 Å². The Bertz CT molecular complexity index is 1000. The average Bonchev–Trinajstić information content (AvgIpc) is 3.01. The molecule has 2 N–H and O–H groups in total. The lowest BCUT2D eigenvalue weighted by Crippen LogP contribution is -2.65. The van der Waals surface area contributed by atoms with E-state index in [1.807, 2.05) is 13.8 Å². The molecule has 14 nitrogen and oxygen atoms in total. The molecule has 14 heteroatoms. The third-order valence-electron chi connectivity index (χ3n) is 7.75. The summed E-state index contributed by atoms with van der Waals surface area (Å²) in [5.41, 5.74) is 0. The van der Waals surface area contributed by atoms with Crippen molar-refractivity contribution in [2.24, 2.45) is 17.8 Å². The fraction of sp³-hybridized carbons (Fsp3) is 0.879. The third-order valence-corrected chi connectivity index (χ3v) is 7.75. The van der Waals surface area contributed by atoms with Crippen LogP contribution in [0.3, 0.4) is 0 Å². The Morgan fingerprint density at radius 3 is 1.81 bits per heavy atom. The van der Waals surface area contributed by atoms with E-state index in [1.165, 1.54) is 0 Å². The molecular weight excluding hydrogens is 620 g/mol. The summed E-state index contributed by atoms with van der Waals surface area (Å²) in [6.45, 7) is 15.2. The fourth-order valence-corrected chi connectivity index (χ4v) is 4.75. The van der Waals surface area contributed by atoms with E-state index in [0.29, 0.717) is 12.8 Å². The van der Waals surface area contributed by atoms with Gasteiger partial charge in [0.25, 0.3) is 0 Å². The van der Waals surface area contributed by atoms with Gasteiger partial charge in [-0.2, -0.15) is 0 Å². The molecule has 0 amide bonds. The molecule has 0 aromatic carbocycles. The van der Waals surface area contributed by atoms with E-state index in [1.54, 1.807) is 48.5 Å². The number of rotatable bonds is 17. The quantitative estimate of drug-likeness (QED) is 0.130. The van der Waals surface area contributed by atoms with E-state index in [9.17, 15) is 29.4 Å². The Hall–Kier alpha value is -2.36. The van der Waals surface area contributed by atoms with Crippen molar-refractivity contribution in [1.82, 2.24) is 0 Å². The molecule has 47 heavy (non-hydrogen) atoms. The normalized spacial score (nSPS) is 31.1. The Kier molecular flexibility index (Phi) is 17.0. The molecule has 0 aliphatic carbocycles. The van der Waals surface area contributed by atoms with E-state index in [4.69, 9.17) is 37.9 Å². The van der Waals surface area contributed by atoms with Gasteiger partial charge in [0.1, 0.15) is 31.0 Å². The summed E-state index contributed by atoms with van der Waals surface area (Å²) >= 11 is 0. The second-order valence-electron chi connectivity index (χ2n) is 13.0. The number of aliphatic hydroxyl groups is 2. The summed E-state index contributed by atoms with van der Waals surface area (Å²) in [6, 6.07) is 0. The molecule has 2 aliphatic rings. The molecule has 2 heterocycles. The van der Waals surface area contributed by atoms with Gasteiger partial charge in [-0.25, -0.2) is 0 Å². The molecule has 2 saturated heterocycles. The highest BCUT2D eigenvalue weighted by Crippen LogP contribution is 2.33. The minimum atomic E-state index is -1.67. The number of ether oxygens (including phenoxy) is 8. The lowest BCUT2D eigenvalue weighted by Gasteiger charge is -2.47. The molecule has 2 aliphatic heterocycles. The molecule has 272 valence electrons. The minimum Gasteiger partial charge on any atom is -0.463 e.